The Kier molecular flexibility index (Phi) is 6.32. The van der Waals surface area contributed by atoms with Gasteiger partial charge in [-0.1, -0.05) is 32.9 Å². The van der Waals surface area contributed by atoms with Gasteiger partial charge in [0, 0.05) is 19.1 Å². The molecular formula is C16H28N2O. The molecule has 0 fully saturated rings. The smallest absolute Gasteiger partial charge is 0.121 e. The van der Waals surface area contributed by atoms with Crippen molar-refractivity contribution in [3.05, 3.63) is 29.3 Å². The van der Waals surface area contributed by atoms with Crippen LogP contribution in [0.5, 0.6) is 5.75 Å². The molecule has 3 heteroatoms. The van der Waals surface area contributed by atoms with Crippen molar-refractivity contribution in [3.63, 3.8) is 0 Å². The van der Waals surface area contributed by atoms with Gasteiger partial charge in [0.2, 0.25) is 0 Å². The quantitative estimate of drug-likeness (QED) is 0.823. The number of nitrogens with two attached hydrogens (primary N) is 1. The molecule has 19 heavy (non-hydrogen) atoms. The SMILES string of the molecule is CCN(CC(C)C)C(CN)c1ccc(OC)c(C)c1. The number of ether oxygens (including phenoxy) is 1. The van der Waals surface area contributed by atoms with E-state index in [1.165, 1.54) is 11.1 Å². The first-order chi connectivity index (χ1) is 9.03. The summed E-state index contributed by atoms with van der Waals surface area (Å²) in [7, 11) is 1.71. The highest BCUT2D eigenvalue weighted by molar-refractivity contribution is 5.37. The van der Waals surface area contributed by atoms with E-state index in [2.05, 4.69) is 44.7 Å². The standard InChI is InChI=1S/C16H28N2O/c1-6-18(11-12(2)3)15(10-17)14-7-8-16(19-5)13(4)9-14/h7-9,12,15H,6,10-11,17H2,1-5H3. The zero-order valence-electron chi connectivity index (χ0n) is 12.9. The summed E-state index contributed by atoms with van der Waals surface area (Å²) in [5.74, 6) is 1.58. The Morgan fingerprint density at radius 3 is 2.42 bits per heavy atom. The zero-order valence-corrected chi connectivity index (χ0v) is 12.9. The lowest BCUT2D eigenvalue weighted by Crippen LogP contribution is -2.36. The van der Waals surface area contributed by atoms with Gasteiger partial charge in [-0.3, -0.25) is 4.90 Å². The summed E-state index contributed by atoms with van der Waals surface area (Å²) in [6, 6.07) is 6.65. The van der Waals surface area contributed by atoms with E-state index >= 15 is 0 Å². The van der Waals surface area contributed by atoms with E-state index in [1.807, 2.05) is 6.07 Å². The van der Waals surface area contributed by atoms with Gasteiger partial charge in [-0.25, -0.2) is 0 Å². The highest BCUT2D eigenvalue weighted by Gasteiger charge is 2.19. The van der Waals surface area contributed by atoms with Crippen molar-refractivity contribution in [2.24, 2.45) is 11.7 Å². The minimum absolute atomic E-state index is 0.289. The maximum absolute atomic E-state index is 6.00. The Morgan fingerprint density at radius 2 is 2.00 bits per heavy atom. The lowest BCUT2D eigenvalue weighted by molar-refractivity contribution is 0.189. The summed E-state index contributed by atoms with van der Waals surface area (Å²) < 4.78 is 5.32. The first-order valence-corrected chi connectivity index (χ1v) is 7.12. The van der Waals surface area contributed by atoms with E-state index < -0.39 is 0 Å². The molecule has 2 N–H and O–H groups in total. The predicted molar refractivity (Wildman–Crippen MR) is 81.6 cm³/mol. The molecule has 1 unspecified atom stereocenters. The second-order valence-corrected chi connectivity index (χ2v) is 5.46. The lowest BCUT2D eigenvalue weighted by Gasteiger charge is -2.32. The van der Waals surface area contributed by atoms with Gasteiger partial charge in [-0.15, -0.1) is 0 Å². The molecular weight excluding hydrogens is 236 g/mol. The molecule has 0 bridgehead atoms. The second kappa shape index (κ2) is 7.51. The van der Waals surface area contributed by atoms with Crippen LogP contribution in [0.4, 0.5) is 0 Å². The highest BCUT2D eigenvalue weighted by atomic mass is 16.5. The topological polar surface area (TPSA) is 38.5 Å². The summed E-state index contributed by atoms with van der Waals surface area (Å²) >= 11 is 0. The van der Waals surface area contributed by atoms with Crippen LogP contribution in [0.25, 0.3) is 0 Å². The van der Waals surface area contributed by atoms with Crippen LogP contribution in [-0.2, 0) is 0 Å². The zero-order chi connectivity index (χ0) is 14.4. The number of benzene rings is 1. The number of nitrogens with zero attached hydrogens (tertiary/aromatic N) is 1. The molecule has 0 radical (unpaired) electrons. The fourth-order valence-electron chi connectivity index (χ4n) is 2.55. The average molecular weight is 264 g/mol. The van der Waals surface area contributed by atoms with Crippen LogP contribution in [0.2, 0.25) is 0 Å². The van der Waals surface area contributed by atoms with Crippen molar-refractivity contribution < 1.29 is 4.74 Å². The van der Waals surface area contributed by atoms with Crippen LogP contribution in [0.15, 0.2) is 18.2 Å². The molecule has 0 amide bonds. The first kappa shape index (κ1) is 16.0. The van der Waals surface area contributed by atoms with Crippen LogP contribution in [0.1, 0.15) is 37.9 Å². The summed E-state index contributed by atoms with van der Waals surface area (Å²) in [4.78, 5) is 2.45. The Hall–Kier alpha value is -1.06. The van der Waals surface area contributed by atoms with E-state index in [9.17, 15) is 0 Å². The number of likely N-dealkylation sites (N-methyl/N-ethyl adjacent to an activating group) is 1. The van der Waals surface area contributed by atoms with Gasteiger partial charge in [0.15, 0.2) is 0 Å². The molecule has 1 aromatic carbocycles. The molecule has 1 rings (SSSR count). The molecule has 0 aliphatic carbocycles. The molecule has 0 saturated carbocycles. The van der Waals surface area contributed by atoms with Gasteiger partial charge >= 0.3 is 0 Å². The Labute approximate surface area is 117 Å². The Balaban J connectivity index is 2.98. The molecule has 0 spiro atoms. The van der Waals surface area contributed by atoms with Crippen LogP contribution < -0.4 is 10.5 Å². The number of aryl methyl sites for hydroxylation is 1. The second-order valence-electron chi connectivity index (χ2n) is 5.46. The van der Waals surface area contributed by atoms with Crippen LogP contribution in [-0.4, -0.2) is 31.6 Å². The Morgan fingerprint density at radius 1 is 1.32 bits per heavy atom. The van der Waals surface area contributed by atoms with Crippen LogP contribution >= 0.6 is 0 Å². The van der Waals surface area contributed by atoms with Crippen molar-refractivity contribution in [1.82, 2.24) is 4.90 Å². The maximum atomic E-state index is 6.00. The van der Waals surface area contributed by atoms with Gasteiger partial charge in [0.25, 0.3) is 0 Å². The van der Waals surface area contributed by atoms with Crippen molar-refractivity contribution in [2.45, 2.75) is 33.7 Å². The van der Waals surface area contributed by atoms with Crippen molar-refractivity contribution in [1.29, 1.82) is 0 Å². The van der Waals surface area contributed by atoms with E-state index in [0.717, 1.165) is 18.8 Å². The Bertz CT molecular complexity index is 390. The minimum Gasteiger partial charge on any atom is -0.496 e. The molecule has 1 atom stereocenters. The third kappa shape index (κ3) is 4.22. The van der Waals surface area contributed by atoms with Crippen LogP contribution in [0, 0.1) is 12.8 Å². The number of rotatable bonds is 7. The van der Waals surface area contributed by atoms with E-state index in [0.29, 0.717) is 12.5 Å². The summed E-state index contributed by atoms with van der Waals surface area (Å²) in [6.45, 7) is 11.5. The van der Waals surface area contributed by atoms with Crippen molar-refractivity contribution >= 4 is 0 Å². The molecule has 0 aliphatic heterocycles. The average Bonchev–Trinajstić information content (AvgIpc) is 2.38. The highest BCUT2D eigenvalue weighted by Crippen LogP contribution is 2.26. The normalized spacial score (nSPS) is 13.1. The predicted octanol–water partition coefficient (Wildman–Crippen LogP) is 2.98. The van der Waals surface area contributed by atoms with Crippen molar-refractivity contribution in [3.8, 4) is 5.75 Å². The molecule has 0 aliphatic rings. The van der Waals surface area contributed by atoms with E-state index in [1.54, 1.807) is 7.11 Å². The monoisotopic (exact) mass is 264 g/mol. The van der Waals surface area contributed by atoms with E-state index in [-0.39, 0.29) is 6.04 Å². The first-order valence-electron chi connectivity index (χ1n) is 7.12. The molecule has 0 saturated heterocycles. The largest absolute Gasteiger partial charge is 0.496 e. The third-order valence-electron chi connectivity index (χ3n) is 3.47. The number of methoxy groups -OCH3 is 1. The number of hydrogen-bond acceptors (Lipinski definition) is 3. The van der Waals surface area contributed by atoms with Gasteiger partial charge < -0.3 is 10.5 Å². The van der Waals surface area contributed by atoms with Crippen molar-refractivity contribution in [2.75, 3.05) is 26.7 Å². The maximum Gasteiger partial charge on any atom is 0.121 e. The minimum atomic E-state index is 0.289. The summed E-state index contributed by atoms with van der Waals surface area (Å²) in [5, 5.41) is 0. The molecule has 3 nitrogen and oxygen atoms in total. The summed E-state index contributed by atoms with van der Waals surface area (Å²) in [6.07, 6.45) is 0. The lowest BCUT2D eigenvalue weighted by atomic mass is 10.0. The van der Waals surface area contributed by atoms with E-state index in [4.69, 9.17) is 10.5 Å². The van der Waals surface area contributed by atoms with Gasteiger partial charge in [0.05, 0.1) is 7.11 Å². The van der Waals surface area contributed by atoms with Gasteiger partial charge in [-0.05, 0) is 36.6 Å². The van der Waals surface area contributed by atoms with Gasteiger partial charge in [-0.2, -0.15) is 0 Å². The molecule has 108 valence electrons. The van der Waals surface area contributed by atoms with Gasteiger partial charge in [0.1, 0.15) is 5.75 Å². The molecule has 1 aromatic rings. The fraction of sp³-hybridized carbons (Fsp3) is 0.625. The van der Waals surface area contributed by atoms with Crippen LogP contribution in [0.3, 0.4) is 0 Å². The third-order valence-corrected chi connectivity index (χ3v) is 3.47. The summed E-state index contributed by atoms with van der Waals surface area (Å²) in [5.41, 5.74) is 8.45. The number of hydrogen-bond donors (Lipinski definition) is 1. The molecule has 0 aromatic heterocycles. The fourth-order valence-corrected chi connectivity index (χ4v) is 2.55. The molecule has 0 heterocycles.